The number of benzene rings is 3. The fourth-order valence-electron chi connectivity index (χ4n) is 3.36. The average Bonchev–Trinajstić information content (AvgIpc) is 3.10. The second-order valence-corrected chi connectivity index (χ2v) is 12.2. The zero-order valence-corrected chi connectivity index (χ0v) is 24.4. The molecule has 0 aromatic heterocycles. The van der Waals surface area contributed by atoms with E-state index in [1.807, 2.05) is 22.6 Å². The third-order valence-electron chi connectivity index (χ3n) is 5.08. The molecule has 1 aliphatic heterocycles. The number of carbonyl (C=O) groups excluding carboxylic acids is 2. The van der Waals surface area contributed by atoms with Gasteiger partial charge in [0, 0.05) is 10.0 Å². The summed E-state index contributed by atoms with van der Waals surface area (Å²) in [7, 11) is -4.16. The minimum absolute atomic E-state index is 0.0152. The topological polar surface area (TPSA) is 90.0 Å². The maximum absolute atomic E-state index is 13.0. The first kappa shape index (κ1) is 27.8. The first-order valence-corrected chi connectivity index (χ1v) is 14.8. The van der Waals surface area contributed by atoms with Crippen molar-refractivity contribution in [2.24, 2.45) is 0 Å². The van der Waals surface area contributed by atoms with Crippen molar-refractivity contribution in [2.75, 3.05) is 6.61 Å². The minimum Gasteiger partial charge on any atom is -0.490 e. The van der Waals surface area contributed by atoms with Gasteiger partial charge in [-0.2, -0.15) is 8.42 Å². The first-order chi connectivity index (χ1) is 17.6. The van der Waals surface area contributed by atoms with Gasteiger partial charge in [0.25, 0.3) is 11.1 Å². The maximum Gasteiger partial charge on any atom is 0.339 e. The fraction of sp³-hybridized carbons (Fsp3) is 0.120. The molecule has 1 heterocycles. The molecule has 1 saturated heterocycles. The number of thioether (sulfide) groups is 1. The summed E-state index contributed by atoms with van der Waals surface area (Å²) in [5.41, 5.74) is 1.19. The molecule has 0 aliphatic carbocycles. The molecule has 0 spiro atoms. The molecule has 0 N–H and O–H groups in total. The molecule has 4 rings (SSSR count). The van der Waals surface area contributed by atoms with E-state index in [1.165, 1.54) is 24.3 Å². The fourth-order valence-corrected chi connectivity index (χ4v) is 6.36. The quantitative estimate of drug-likeness (QED) is 0.143. The Labute approximate surface area is 242 Å². The number of rotatable bonds is 8. The zero-order chi connectivity index (χ0) is 26.7. The van der Waals surface area contributed by atoms with Gasteiger partial charge >= 0.3 is 10.1 Å². The van der Waals surface area contributed by atoms with Gasteiger partial charge < -0.3 is 8.92 Å². The van der Waals surface area contributed by atoms with Crippen molar-refractivity contribution in [3.05, 3.63) is 90.3 Å². The largest absolute Gasteiger partial charge is 0.490 e. The SMILES string of the molecule is CCOc1cc(/C=C2\SC(=O)N(Cc3ccccc3Cl)C2=O)cc(I)c1OS(=O)(=O)c1ccc(Cl)cc1. The van der Waals surface area contributed by atoms with E-state index in [-0.39, 0.29) is 34.5 Å². The summed E-state index contributed by atoms with van der Waals surface area (Å²) in [5, 5.41) is 0.444. The molecule has 0 bridgehead atoms. The van der Waals surface area contributed by atoms with Crippen LogP contribution < -0.4 is 8.92 Å². The first-order valence-electron chi connectivity index (χ1n) is 10.7. The Hall–Kier alpha value is -2.25. The lowest BCUT2D eigenvalue weighted by Crippen LogP contribution is -2.27. The summed E-state index contributed by atoms with van der Waals surface area (Å²) < 4.78 is 37.2. The van der Waals surface area contributed by atoms with Crippen LogP contribution in [-0.4, -0.2) is 31.1 Å². The molecule has 0 radical (unpaired) electrons. The lowest BCUT2D eigenvalue weighted by molar-refractivity contribution is -0.123. The number of ether oxygens (including phenoxy) is 1. The Morgan fingerprint density at radius 3 is 2.43 bits per heavy atom. The molecule has 3 aromatic carbocycles. The van der Waals surface area contributed by atoms with Gasteiger partial charge in [0.1, 0.15) is 4.90 Å². The predicted molar refractivity (Wildman–Crippen MR) is 153 cm³/mol. The van der Waals surface area contributed by atoms with Crippen LogP contribution in [0.1, 0.15) is 18.1 Å². The number of nitrogens with zero attached hydrogens (tertiary/aromatic N) is 1. The summed E-state index contributed by atoms with van der Waals surface area (Å²) >= 11 is 14.8. The van der Waals surface area contributed by atoms with E-state index in [4.69, 9.17) is 32.1 Å². The highest BCUT2D eigenvalue weighted by Gasteiger charge is 2.35. The van der Waals surface area contributed by atoms with Crippen molar-refractivity contribution in [3.8, 4) is 11.5 Å². The van der Waals surface area contributed by atoms with Gasteiger partial charge in [-0.1, -0.05) is 41.4 Å². The Morgan fingerprint density at radius 2 is 1.76 bits per heavy atom. The van der Waals surface area contributed by atoms with Crippen LogP contribution in [0.5, 0.6) is 11.5 Å². The van der Waals surface area contributed by atoms with Gasteiger partial charge in [-0.15, -0.1) is 0 Å². The number of hydrogen-bond donors (Lipinski definition) is 0. The van der Waals surface area contributed by atoms with Crippen LogP contribution in [0, 0.1) is 3.57 Å². The molecule has 0 unspecified atom stereocenters. The third-order valence-corrected chi connectivity index (χ3v) is 8.65. The van der Waals surface area contributed by atoms with Gasteiger partial charge in [-0.05, 0) is 101 Å². The van der Waals surface area contributed by atoms with Crippen LogP contribution >= 0.6 is 57.6 Å². The van der Waals surface area contributed by atoms with Crippen LogP contribution in [0.3, 0.4) is 0 Å². The number of amides is 2. The molecule has 3 aromatic rings. The van der Waals surface area contributed by atoms with Crippen molar-refractivity contribution < 1.29 is 26.9 Å². The van der Waals surface area contributed by atoms with Crippen LogP contribution in [0.15, 0.2) is 70.5 Å². The second kappa shape index (κ2) is 11.6. The number of imide groups is 1. The second-order valence-electron chi connectivity index (χ2n) is 7.61. The van der Waals surface area contributed by atoms with Crippen LogP contribution in [0.4, 0.5) is 4.79 Å². The van der Waals surface area contributed by atoms with Gasteiger partial charge in [0.15, 0.2) is 11.5 Å². The third kappa shape index (κ3) is 6.43. The Morgan fingerprint density at radius 1 is 1.05 bits per heavy atom. The molecule has 0 saturated carbocycles. The number of hydrogen-bond acceptors (Lipinski definition) is 7. The van der Waals surface area contributed by atoms with Crippen LogP contribution in [0.25, 0.3) is 6.08 Å². The molecule has 7 nitrogen and oxygen atoms in total. The van der Waals surface area contributed by atoms with E-state index >= 15 is 0 Å². The van der Waals surface area contributed by atoms with Crippen molar-refractivity contribution in [3.63, 3.8) is 0 Å². The molecule has 1 aliphatic rings. The van der Waals surface area contributed by atoms with Gasteiger partial charge in [-0.3, -0.25) is 14.5 Å². The maximum atomic E-state index is 13.0. The summed E-state index contributed by atoms with van der Waals surface area (Å²) in [4.78, 5) is 26.8. The molecule has 0 atom stereocenters. The predicted octanol–water partition coefficient (Wildman–Crippen LogP) is 7.00. The van der Waals surface area contributed by atoms with Crippen molar-refractivity contribution in [1.29, 1.82) is 0 Å². The molecule has 2 amide bonds. The van der Waals surface area contributed by atoms with E-state index in [0.29, 0.717) is 24.7 Å². The van der Waals surface area contributed by atoms with Crippen LogP contribution in [0.2, 0.25) is 10.0 Å². The van der Waals surface area contributed by atoms with Crippen molar-refractivity contribution in [1.82, 2.24) is 4.90 Å². The molecule has 12 heteroatoms. The Kier molecular flexibility index (Phi) is 8.74. The lowest BCUT2D eigenvalue weighted by atomic mass is 10.1. The van der Waals surface area contributed by atoms with Gasteiger partial charge in [0.05, 0.1) is 21.6 Å². The van der Waals surface area contributed by atoms with E-state index in [9.17, 15) is 18.0 Å². The zero-order valence-electron chi connectivity index (χ0n) is 19.1. The molecule has 192 valence electrons. The summed E-state index contributed by atoms with van der Waals surface area (Å²) in [6.07, 6.45) is 1.56. The van der Waals surface area contributed by atoms with E-state index in [2.05, 4.69) is 0 Å². The average molecular weight is 690 g/mol. The van der Waals surface area contributed by atoms with Gasteiger partial charge in [0.2, 0.25) is 0 Å². The van der Waals surface area contributed by atoms with Gasteiger partial charge in [-0.25, -0.2) is 0 Å². The minimum atomic E-state index is -4.16. The molecular formula is C25H18Cl2INO6S2. The highest BCUT2D eigenvalue weighted by Crippen LogP contribution is 2.39. The lowest BCUT2D eigenvalue weighted by Gasteiger charge is -2.15. The molecular weight excluding hydrogens is 672 g/mol. The van der Waals surface area contributed by atoms with E-state index in [0.717, 1.165) is 16.7 Å². The molecule has 1 fully saturated rings. The van der Waals surface area contributed by atoms with Crippen molar-refractivity contribution in [2.45, 2.75) is 18.4 Å². The number of halogens is 3. The number of carbonyl (C=O) groups is 2. The Bertz CT molecular complexity index is 1510. The van der Waals surface area contributed by atoms with Crippen molar-refractivity contribution >= 4 is 84.9 Å². The van der Waals surface area contributed by atoms with E-state index < -0.39 is 21.3 Å². The standard InChI is InChI=1S/C25H18Cl2INO6S2/c1-2-34-21-12-15(11-20(28)23(21)35-37(32,33)18-9-7-17(26)8-10-18)13-22-24(30)29(25(31)36-22)14-16-5-3-4-6-19(16)27/h3-13H,2,14H2,1H3/b22-13-. The summed E-state index contributed by atoms with van der Waals surface area (Å²) in [6, 6.07) is 15.8. The highest BCUT2D eigenvalue weighted by molar-refractivity contribution is 14.1. The van der Waals surface area contributed by atoms with E-state index in [1.54, 1.807) is 49.4 Å². The normalized spacial score (nSPS) is 14.9. The van der Waals surface area contributed by atoms with Crippen LogP contribution in [-0.2, 0) is 21.5 Å². The monoisotopic (exact) mass is 689 g/mol. The molecule has 37 heavy (non-hydrogen) atoms. The highest BCUT2D eigenvalue weighted by atomic mass is 127. The smallest absolute Gasteiger partial charge is 0.339 e. The summed E-state index contributed by atoms with van der Waals surface area (Å²) in [5.74, 6) is -0.261. The Balaban J connectivity index is 1.62. The summed E-state index contributed by atoms with van der Waals surface area (Å²) in [6.45, 7) is 2.04.